The van der Waals surface area contributed by atoms with Gasteiger partial charge in [0.15, 0.2) is 9.84 Å². The number of para-hydroxylation sites is 1. The highest BCUT2D eigenvalue weighted by atomic mass is 35.5. The number of sulfone groups is 1. The highest BCUT2D eigenvalue weighted by Gasteiger charge is 2.27. The Bertz CT molecular complexity index is 1460. The zero-order chi connectivity index (χ0) is 24.5. The van der Waals surface area contributed by atoms with E-state index < -0.39 is 27.5 Å². The number of thiophene rings is 1. The van der Waals surface area contributed by atoms with Crippen LogP contribution in [0.15, 0.2) is 53.4 Å². The molecule has 0 aliphatic heterocycles. The molecule has 1 amide bonds. The molecule has 0 aliphatic carbocycles. The molecule has 7 nitrogen and oxygen atoms in total. The molecule has 0 fully saturated rings. The third-order valence-electron chi connectivity index (χ3n) is 4.86. The molecule has 4 rings (SSSR count). The molecule has 0 saturated heterocycles. The van der Waals surface area contributed by atoms with E-state index in [2.05, 4.69) is 10.3 Å². The maximum absolute atomic E-state index is 12.8. The Morgan fingerprint density at radius 3 is 2.47 bits per heavy atom. The van der Waals surface area contributed by atoms with Crippen molar-refractivity contribution >= 4 is 71.2 Å². The molecular weight excluding hydrogens is 516 g/mol. The highest BCUT2D eigenvalue weighted by molar-refractivity contribution is 7.92. The van der Waals surface area contributed by atoms with Gasteiger partial charge >= 0.3 is 5.97 Å². The summed E-state index contributed by atoms with van der Waals surface area (Å²) in [7, 11) is -3.89. The number of hydrogen-bond donors (Lipinski definition) is 1. The first kappa shape index (κ1) is 24.3. The third kappa shape index (κ3) is 5.00. The van der Waals surface area contributed by atoms with Gasteiger partial charge in [-0.25, -0.2) is 18.2 Å². The van der Waals surface area contributed by atoms with Crippen LogP contribution < -0.4 is 5.32 Å². The molecule has 34 heavy (non-hydrogen) atoms. The van der Waals surface area contributed by atoms with E-state index in [1.54, 1.807) is 13.8 Å². The van der Waals surface area contributed by atoms with Crippen molar-refractivity contribution in [1.82, 2.24) is 4.98 Å². The number of benzene rings is 2. The number of nitrogens with zero attached hydrogens (tertiary/aromatic N) is 1. The molecule has 1 N–H and O–H groups in total. The summed E-state index contributed by atoms with van der Waals surface area (Å²) in [6.07, 6.45) is 0. The SMILES string of the molecule is CCOC(=O)c1sc(NC(=O)CS(=O)(=O)c2ccc(Cl)cc2)c(-c2nc3ccccc3s2)c1C. The third-order valence-corrected chi connectivity index (χ3v) is 8.99. The first-order chi connectivity index (χ1) is 16.2. The minimum Gasteiger partial charge on any atom is -0.462 e. The predicted octanol–water partition coefficient (Wildman–Crippen LogP) is 5.58. The molecule has 0 spiro atoms. The van der Waals surface area contributed by atoms with Gasteiger partial charge in [-0.1, -0.05) is 23.7 Å². The monoisotopic (exact) mass is 534 g/mol. The van der Waals surface area contributed by atoms with Gasteiger partial charge in [-0.15, -0.1) is 22.7 Å². The number of halogens is 1. The number of ether oxygens (including phenoxy) is 1. The number of amides is 1. The van der Waals surface area contributed by atoms with E-state index >= 15 is 0 Å². The Kier molecular flexibility index (Phi) is 7.04. The normalized spacial score (nSPS) is 11.5. The lowest BCUT2D eigenvalue weighted by atomic mass is 10.1. The summed E-state index contributed by atoms with van der Waals surface area (Å²) in [4.78, 5) is 30.3. The number of nitrogens with one attached hydrogen (secondary N) is 1. The molecule has 2 aromatic carbocycles. The second-order valence-electron chi connectivity index (χ2n) is 7.23. The number of anilines is 1. The number of thiazole rings is 1. The molecule has 0 bridgehead atoms. The molecule has 0 atom stereocenters. The number of hydrogen-bond acceptors (Lipinski definition) is 8. The Morgan fingerprint density at radius 1 is 1.09 bits per heavy atom. The van der Waals surface area contributed by atoms with E-state index in [0.29, 0.717) is 31.0 Å². The fraction of sp³-hybridized carbons (Fsp3) is 0.174. The molecule has 2 heterocycles. The van der Waals surface area contributed by atoms with Crippen molar-refractivity contribution in [1.29, 1.82) is 0 Å². The van der Waals surface area contributed by atoms with E-state index in [-0.39, 0.29) is 11.5 Å². The van der Waals surface area contributed by atoms with E-state index in [9.17, 15) is 18.0 Å². The van der Waals surface area contributed by atoms with Crippen LogP contribution in [0.3, 0.4) is 0 Å². The highest BCUT2D eigenvalue weighted by Crippen LogP contribution is 2.43. The average Bonchev–Trinajstić information content (AvgIpc) is 3.34. The number of esters is 1. The van der Waals surface area contributed by atoms with Crippen LogP contribution in [0.1, 0.15) is 22.2 Å². The smallest absolute Gasteiger partial charge is 0.348 e. The van der Waals surface area contributed by atoms with Gasteiger partial charge in [-0.2, -0.15) is 0 Å². The summed E-state index contributed by atoms with van der Waals surface area (Å²) >= 11 is 8.29. The number of carbonyl (C=O) groups excluding carboxylic acids is 2. The summed E-state index contributed by atoms with van der Waals surface area (Å²) in [5.74, 6) is -2.00. The molecule has 176 valence electrons. The minimum absolute atomic E-state index is 0.00646. The molecule has 0 saturated carbocycles. The Morgan fingerprint density at radius 2 is 1.79 bits per heavy atom. The summed E-state index contributed by atoms with van der Waals surface area (Å²) in [6.45, 7) is 3.66. The van der Waals surface area contributed by atoms with Crippen molar-refractivity contribution in [2.75, 3.05) is 17.7 Å². The summed E-state index contributed by atoms with van der Waals surface area (Å²) in [5.41, 5.74) is 1.97. The van der Waals surface area contributed by atoms with Crippen LogP contribution >= 0.6 is 34.3 Å². The Balaban J connectivity index is 1.70. The minimum atomic E-state index is -3.89. The zero-order valence-corrected chi connectivity index (χ0v) is 21.3. The van der Waals surface area contributed by atoms with Crippen molar-refractivity contribution in [3.05, 3.63) is 64.0 Å². The Hall–Kier alpha value is -2.79. The van der Waals surface area contributed by atoms with E-state index in [1.165, 1.54) is 35.6 Å². The molecule has 4 aromatic rings. The van der Waals surface area contributed by atoms with Crippen molar-refractivity contribution in [3.8, 4) is 10.6 Å². The first-order valence-electron chi connectivity index (χ1n) is 10.1. The van der Waals surface area contributed by atoms with Gasteiger partial charge in [-0.05, 0) is 55.8 Å². The average molecular weight is 535 g/mol. The standard InChI is InChI=1S/C23H19ClN2O5S3/c1-3-31-23(28)20-13(2)19(21-25-16-6-4-5-7-17(16)32-21)22(33-20)26-18(27)12-34(29,30)15-10-8-14(24)9-11-15/h4-11H,3,12H2,1-2H3,(H,26,27). The van der Waals surface area contributed by atoms with E-state index in [1.807, 2.05) is 24.3 Å². The van der Waals surface area contributed by atoms with Gasteiger partial charge in [0.1, 0.15) is 20.6 Å². The first-order valence-corrected chi connectivity index (χ1v) is 13.8. The van der Waals surface area contributed by atoms with Gasteiger partial charge in [0.2, 0.25) is 5.91 Å². The topological polar surface area (TPSA) is 102 Å². The molecule has 0 aliphatic rings. The second-order valence-corrected chi connectivity index (χ2v) is 11.7. The van der Waals surface area contributed by atoms with Crippen molar-refractivity contribution in [3.63, 3.8) is 0 Å². The van der Waals surface area contributed by atoms with Crippen molar-refractivity contribution < 1.29 is 22.7 Å². The van der Waals surface area contributed by atoms with Gasteiger partial charge in [0.25, 0.3) is 0 Å². The van der Waals surface area contributed by atoms with Gasteiger partial charge in [0, 0.05) is 10.6 Å². The maximum atomic E-state index is 12.8. The lowest BCUT2D eigenvalue weighted by Crippen LogP contribution is -2.22. The summed E-state index contributed by atoms with van der Waals surface area (Å²) in [5, 5.41) is 4.03. The van der Waals surface area contributed by atoms with Crippen molar-refractivity contribution in [2.24, 2.45) is 0 Å². The molecule has 0 unspecified atom stereocenters. The molecule has 2 aromatic heterocycles. The number of fused-ring (bicyclic) bond motifs is 1. The van der Waals surface area contributed by atoms with Crippen LogP contribution in [0.2, 0.25) is 5.02 Å². The number of aromatic nitrogens is 1. The van der Waals surface area contributed by atoms with Crippen LogP contribution in [0.5, 0.6) is 0 Å². The van der Waals surface area contributed by atoms with Gasteiger partial charge in [-0.3, -0.25) is 4.79 Å². The Labute approximate surface area is 209 Å². The molecule has 0 radical (unpaired) electrons. The number of carbonyl (C=O) groups is 2. The van der Waals surface area contributed by atoms with Crippen LogP contribution in [0.4, 0.5) is 5.00 Å². The van der Waals surface area contributed by atoms with Crippen LogP contribution in [0.25, 0.3) is 20.8 Å². The zero-order valence-electron chi connectivity index (χ0n) is 18.1. The van der Waals surface area contributed by atoms with Gasteiger partial charge in [0.05, 0.1) is 21.7 Å². The summed E-state index contributed by atoms with van der Waals surface area (Å²) < 4.78 is 31.5. The lowest BCUT2D eigenvalue weighted by Gasteiger charge is -2.07. The summed E-state index contributed by atoms with van der Waals surface area (Å²) in [6, 6.07) is 13.2. The van der Waals surface area contributed by atoms with Crippen LogP contribution in [0, 0.1) is 6.92 Å². The van der Waals surface area contributed by atoms with E-state index in [0.717, 1.165) is 21.6 Å². The largest absolute Gasteiger partial charge is 0.462 e. The lowest BCUT2D eigenvalue weighted by molar-refractivity contribution is -0.113. The fourth-order valence-corrected chi connectivity index (χ4v) is 6.81. The quantitative estimate of drug-likeness (QED) is 0.311. The number of rotatable bonds is 7. The predicted molar refractivity (Wildman–Crippen MR) is 136 cm³/mol. The fourth-order valence-electron chi connectivity index (χ4n) is 3.29. The van der Waals surface area contributed by atoms with Crippen molar-refractivity contribution in [2.45, 2.75) is 18.7 Å². The van der Waals surface area contributed by atoms with Crippen LogP contribution in [-0.4, -0.2) is 37.6 Å². The van der Waals surface area contributed by atoms with Gasteiger partial charge < -0.3 is 10.1 Å². The second kappa shape index (κ2) is 9.83. The maximum Gasteiger partial charge on any atom is 0.348 e. The molecule has 11 heteroatoms. The molecular formula is C23H19ClN2O5S3. The van der Waals surface area contributed by atoms with Crippen LogP contribution in [-0.2, 0) is 19.4 Å². The van der Waals surface area contributed by atoms with E-state index in [4.69, 9.17) is 16.3 Å².